The molecule has 4 nitrogen and oxygen atoms in total. The van der Waals surface area contributed by atoms with Crippen molar-refractivity contribution >= 4 is 11.5 Å². The molecular weight excluding hydrogens is 264 g/mol. The molecule has 0 aliphatic heterocycles. The summed E-state index contributed by atoms with van der Waals surface area (Å²) in [6, 6.07) is 7.04. The molecule has 0 aliphatic rings. The predicted octanol–water partition coefficient (Wildman–Crippen LogP) is 2.87. The van der Waals surface area contributed by atoms with Gasteiger partial charge in [0.1, 0.15) is 23.1 Å². The number of benzene rings is 1. The zero-order chi connectivity index (χ0) is 14.3. The topological polar surface area (TPSA) is 52.5 Å². The molecule has 0 aliphatic carbocycles. The molecule has 3 aromatic rings. The Morgan fingerprint density at radius 2 is 1.85 bits per heavy atom. The number of anilines is 1. The Hall–Kier alpha value is -2.63. The van der Waals surface area contributed by atoms with E-state index in [2.05, 4.69) is 4.98 Å². The number of methoxy groups -OCH3 is 1. The first-order chi connectivity index (χ1) is 9.63. The molecule has 0 radical (unpaired) electrons. The minimum Gasteiger partial charge on any atom is -0.493 e. The van der Waals surface area contributed by atoms with Gasteiger partial charge in [-0.3, -0.25) is 4.40 Å². The van der Waals surface area contributed by atoms with Gasteiger partial charge in [0.25, 0.3) is 0 Å². The van der Waals surface area contributed by atoms with Crippen LogP contribution < -0.4 is 10.5 Å². The lowest BCUT2D eigenvalue weighted by Gasteiger charge is -2.02. The third-order valence-electron chi connectivity index (χ3n) is 3.07. The van der Waals surface area contributed by atoms with E-state index in [0.29, 0.717) is 11.4 Å². The third-order valence-corrected chi connectivity index (χ3v) is 3.07. The molecule has 0 saturated heterocycles. The highest BCUT2D eigenvalue weighted by atomic mass is 19.1. The lowest BCUT2D eigenvalue weighted by molar-refractivity contribution is 0.417. The van der Waals surface area contributed by atoms with Gasteiger partial charge in [0.2, 0.25) is 0 Å². The van der Waals surface area contributed by atoms with Gasteiger partial charge >= 0.3 is 0 Å². The lowest BCUT2D eigenvalue weighted by Crippen LogP contribution is -1.97. The summed E-state index contributed by atoms with van der Waals surface area (Å²) in [5.74, 6) is -0.789. The highest BCUT2D eigenvalue weighted by Crippen LogP contribution is 2.33. The van der Waals surface area contributed by atoms with E-state index in [-0.39, 0.29) is 17.1 Å². The lowest BCUT2D eigenvalue weighted by atomic mass is 10.1. The van der Waals surface area contributed by atoms with E-state index < -0.39 is 11.6 Å². The fourth-order valence-electron chi connectivity index (χ4n) is 2.13. The van der Waals surface area contributed by atoms with Crippen molar-refractivity contribution in [3.63, 3.8) is 0 Å². The summed E-state index contributed by atoms with van der Waals surface area (Å²) in [6.45, 7) is 0. The number of hydrogen-bond donors (Lipinski definition) is 1. The molecule has 102 valence electrons. The first-order valence-electron chi connectivity index (χ1n) is 5.88. The molecule has 6 heteroatoms. The Morgan fingerprint density at radius 3 is 2.50 bits per heavy atom. The van der Waals surface area contributed by atoms with Gasteiger partial charge < -0.3 is 10.5 Å². The largest absolute Gasteiger partial charge is 0.493 e. The molecule has 0 spiro atoms. The van der Waals surface area contributed by atoms with E-state index in [9.17, 15) is 8.78 Å². The van der Waals surface area contributed by atoms with Gasteiger partial charge in [-0.05, 0) is 24.3 Å². The zero-order valence-electron chi connectivity index (χ0n) is 10.6. The van der Waals surface area contributed by atoms with E-state index in [1.165, 1.54) is 29.7 Å². The van der Waals surface area contributed by atoms with E-state index in [4.69, 9.17) is 10.5 Å². The van der Waals surface area contributed by atoms with Gasteiger partial charge in [-0.25, -0.2) is 13.8 Å². The Morgan fingerprint density at radius 1 is 1.15 bits per heavy atom. The van der Waals surface area contributed by atoms with Crippen LogP contribution in [0.3, 0.4) is 0 Å². The number of nitrogen functional groups attached to an aromatic ring is 1. The second kappa shape index (κ2) is 4.48. The number of aromatic nitrogens is 2. The maximum atomic E-state index is 13.9. The molecule has 0 saturated carbocycles. The number of hydrogen-bond acceptors (Lipinski definition) is 3. The number of imidazole rings is 1. The highest BCUT2D eigenvalue weighted by Gasteiger charge is 2.20. The van der Waals surface area contributed by atoms with Crippen LogP contribution in [-0.4, -0.2) is 16.5 Å². The molecule has 20 heavy (non-hydrogen) atoms. The Labute approximate surface area is 113 Å². The zero-order valence-corrected chi connectivity index (χ0v) is 10.6. The molecule has 0 amide bonds. The fraction of sp³-hybridized carbons (Fsp3) is 0.0714. The average molecular weight is 275 g/mol. The molecule has 0 fully saturated rings. The number of pyridine rings is 1. The first kappa shape index (κ1) is 12.4. The van der Waals surface area contributed by atoms with Crippen LogP contribution >= 0.6 is 0 Å². The molecule has 0 atom stereocenters. The Balaban J connectivity index is 2.36. The Bertz CT molecular complexity index is 778. The van der Waals surface area contributed by atoms with Gasteiger partial charge in [0.05, 0.1) is 12.7 Å². The first-order valence-corrected chi connectivity index (χ1v) is 5.88. The number of nitrogens with zero attached hydrogens (tertiary/aromatic N) is 2. The minimum atomic E-state index is -0.709. The van der Waals surface area contributed by atoms with Crippen LogP contribution in [0, 0.1) is 11.6 Å². The summed E-state index contributed by atoms with van der Waals surface area (Å²) in [7, 11) is 1.49. The number of fused-ring (bicyclic) bond motifs is 1. The summed E-state index contributed by atoms with van der Waals surface area (Å²) in [4.78, 5) is 4.21. The number of nitrogens with two attached hydrogens (primary N) is 1. The van der Waals surface area contributed by atoms with E-state index in [1.54, 1.807) is 18.3 Å². The van der Waals surface area contributed by atoms with Crippen molar-refractivity contribution in [2.24, 2.45) is 0 Å². The fourth-order valence-corrected chi connectivity index (χ4v) is 2.13. The van der Waals surface area contributed by atoms with E-state index >= 15 is 0 Å². The summed E-state index contributed by atoms with van der Waals surface area (Å²) in [5, 5.41) is 0. The van der Waals surface area contributed by atoms with Crippen molar-refractivity contribution < 1.29 is 13.5 Å². The maximum Gasteiger partial charge on any atom is 0.181 e. The van der Waals surface area contributed by atoms with Crippen molar-refractivity contribution in [3.8, 4) is 17.0 Å². The van der Waals surface area contributed by atoms with E-state index in [0.717, 1.165) is 0 Å². The number of rotatable bonds is 2. The standard InChI is InChI=1S/C14H11F2N3O/c1-20-10-6-3-7-19-13(17)12(18-14(10)19)11-8(15)4-2-5-9(11)16/h2-7H,17H2,1H3. The maximum absolute atomic E-state index is 13.9. The Kier molecular flexibility index (Phi) is 2.78. The van der Waals surface area contributed by atoms with Crippen molar-refractivity contribution in [2.75, 3.05) is 12.8 Å². The second-order valence-corrected chi connectivity index (χ2v) is 4.21. The normalized spacial score (nSPS) is 10.9. The summed E-state index contributed by atoms with van der Waals surface area (Å²) in [5.41, 5.74) is 6.17. The molecule has 3 rings (SSSR count). The average Bonchev–Trinajstić information content (AvgIpc) is 2.76. The van der Waals surface area contributed by atoms with Gasteiger partial charge in [-0.2, -0.15) is 0 Å². The van der Waals surface area contributed by atoms with Crippen LogP contribution in [0.15, 0.2) is 36.5 Å². The number of halogens is 2. The van der Waals surface area contributed by atoms with Crippen LogP contribution in [0.5, 0.6) is 5.75 Å². The van der Waals surface area contributed by atoms with Gasteiger partial charge in [0, 0.05) is 6.20 Å². The molecule has 0 unspecified atom stereocenters. The van der Waals surface area contributed by atoms with Crippen LogP contribution in [0.25, 0.3) is 16.9 Å². The highest BCUT2D eigenvalue weighted by molar-refractivity contribution is 5.77. The van der Waals surface area contributed by atoms with Crippen LogP contribution in [0.1, 0.15) is 0 Å². The molecule has 2 heterocycles. The molecular formula is C14H11F2N3O. The van der Waals surface area contributed by atoms with Crippen LogP contribution in [0.2, 0.25) is 0 Å². The van der Waals surface area contributed by atoms with Crippen molar-refractivity contribution in [2.45, 2.75) is 0 Å². The van der Waals surface area contributed by atoms with Crippen LogP contribution in [-0.2, 0) is 0 Å². The SMILES string of the molecule is COc1cccn2c(N)c(-c3c(F)cccc3F)nc12. The van der Waals surface area contributed by atoms with Crippen molar-refractivity contribution in [3.05, 3.63) is 48.2 Å². The quantitative estimate of drug-likeness (QED) is 0.782. The second-order valence-electron chi connectivity index (χ2n) is 4.21. The van der Waals surface area contributed by atoms with Crippen LogP contribution in [0.4, 0.5) is 14.6 Å². The van der Waals surface area contributed by atoms with Gasteiger partial charge in [-0.1, -0.05) is 6.07 Å². The molecule has 0 bridgehead atoms. The van der Waals surface area contributed by atoms with Crippen molar-refractivity contribution in [1.29, 1.82) is 0 Å². The van der Waals surface area contributed by atoms with Gasteiger partial charge in [0.15, 0.2) is 11.4 Å². The summed E-state index contributed by atoms with van der Waals surface area (Å²) in [6.07, 6.45) is 1.66. The van der Waals surface area contributed by atoms with Crippen molar-refractivity contribution in [1.82, 2.24) is 9.38 Å². The third kappa shape index (κ3) is 1.69. The molecule has 2 aromatic heterocycles. The summed E-state index contributed by atoms with van der Waals surface area (Å²) >= 11 is 0. The minimum absolute atomic E-state index is 0.0603. The molecule has 2 N–H and O–H groups in total. The molecule has 1 aromatic carbocycles. The summed E-state index contributed by atoms with van der Waals surface area (Å²) < 4.78 is 34.4. The predicted molar refractivity (Wildman–Crippen MR) is 71.5 cm³/mol. The smallest absolute Gasteiger partial charge is 0.181 e. The number of ether oxygens (including phenoxy) is 1. The monoisotopic (exact) mass is 275 g/mol. The van der Waals surface area contributed by atoms with E-state index in [1.807, 2.05) is 0 Å². The van der Waals surface area contributed by atoms with Gasteiger partial charge in [-0.15, -0.1) is 0 Å².